The lowest BCUT2D eigenvalue weighted by molar-refractivity contribution is -0.161. The molecule has 0 bridgehead atoms. The lowest BCUT2D eigenvalue weighted by atomic mass is 9.99. The van der Waals surface area contributed by atoms with Crippen molar-refractivity contribution in [3.63, 3.8) is 0 Å². The molecule has 0 heterocycles. The number of phosphoric acid groups is 2. The topological polar surface area (TPSA) is 237 Å². The number of hydrogen-bond acceptors (Lipinski definition) is 15. The van der Waals surface area contributed by atoms with Crippen molar-refractivity contribution < 1.29 is 80.2 Å². The summed E-state index contributed by atoms with van der Waals surface area (Å²) in [6.45, 7) is 7.26. The Morgan fingerprint density at radius 1 is 0.327 bits per heavy atom. The van der Waals surface area contributed by atoms with Gasteiger partial charge in [-0.05, 0) is 57.3 Å². The van der Waals surface area contributed by atoms with Gasteiger partial charge in [0.15, 0.2) is 12.2 Å². The van der Waals surface area contributed by atoms with E-state index in [0.717, 1.165) is 121 Å². The minimum Gasteiger partial charge on any atom is -0.462 e. The van der Waals surface area contributed by atoms with Gasteiger partial charge in [-0.15, -0.1) is 0 Å². The number of aliphatic hydroxyl groups is 1. The number of allylic oxidation sites excluding steroid dienone is 4. The van der Waals surface area contributed by atoms with Crippen LogP contribution in [0.1, 0.15) is 394 Å². The average molecular weight is 1430 g/mol. The number of aliphatic hydroxyl groups excluding tert-OH is 1. The Morgan fingerprint density at radius 2 is 0.571 bits per heavy atom. The van der Waals surface area contributed by atoms with Gasteiger partial charge in [-0.3, -0.25) is 37.3 Å². The molecule has 3 unspecified atom stereocenters. The molecule has 3 N–H and O–H groups in total. The van der Waals surface area contributed by atoms with E-state index in [-0.39, 0.29) is 25.7 Å². The van der Waals surface area contributed by atoms with Gasteiger partial charge in [0.1, 0.15) is 19.3 Å². The Kier molecular flexibility index (Phi) is 69.7. The predicted octanol–water partition coefficient (Wildman–Crippen LogP) is 23.2. The van der Waals surface area contributed by atoms with Gasteiger partial charge in [0.05, 0.1) is 26.4 Å². The normalized spacial score (nSPS) is 14.3. The van der Waals surface area contributed by atoms with Crippen molar-refractivity contribution >= 4 is 39.5 Å². The van der Waals surface area contributed by atoms with E-state index in [1.54, 1.807) is 0 Å². The summed E-state index contributed by atoms with van der Waals surface area (Å²) in [5.41, 5.74) is 0. The number of unbranched alkanes of at least 4 members (excludes halogenated alkanes) is 45. The molecule has 0 aromatic heterocycles. The van der Waals surface area contributed by atoms with Crippen LogP contribution in [0.2, 0.25) is 0 Å². The molecule has 0 rings (SSSR count). The molecule has 19 heteroatoms. The standard InChI is InChI=1S/C79H150O17P2/c1-6-10-13-16-19-21-23-25-27-28-29-31-35-39-43-48-53-58-63-77(82)90-69-75(96-79(84)65-60-55-50-45-41-37-33-32-34-38-42-47-51-56-61-72(5)9-4)71-94-98(87,88)92-67-73(80)66-91-97(85,86)93-70-74(68-89-76(81)62-57-52-46-18-15-12-8-3)95-78(83)64-59-54-49-44-40-36-30-26-24-22-20-17-14-11-7-2/h22,24,26,30,72-75,80H,6-21,23,25,27-29,31-71H2,1-5H3,(H,85,86)(H,87,88)/b24-22-,30-26-/t72?,73-,74+,75+/m0/s1. The molecule has 0 spiro atoms. The number of ether oxygens (including phenoxy) is 4. The molecular formula is C79H150O17P2. The quantitative estimate of drug-likeness (QED) is 0.0169. The molecule has 0 aromatic carbocycles. The molecule has 98 heavy (non-hydrogen) atoms. The largest absolute Gasteiger partial charge is 0.472 e. The molecule has 578 valence electrons. The molecule has 0 radical (unpaired) electrons. The highest BCUT2D eigenvalue weighted by atomic mass is 31.2. The van der Waals surface area contributed by atoms with E-state index >= 15 is 0 Å². The summed E-state index contributed by atoms with van der Waals surface area (Å²) in [6.07, 6.45) is 64.7. The van der Waals surface area contributed by atoms with Crippen molar-refractivity contribution in [2.45, 2.75) is 412 Å². The molecule has 0 aliphatic heterocycles. The van der Waals surface area contributed by atoms with E-state index < -0.39 is 97.5 Å². The van der Waals surface area contributed by atoms with E-state index in [0.29, 0.717) is 25.7 Å². The first-order chi connectivity index (χ1) is 47.6. The Labute approximate surface area is 599 Å². The number of carbonyl (C=O) groups excluding carboxylic acids is 4. The van der Waals surface area contributed by atoms with Crippen molar-refractivity contribution in [2.24, 2.45) is 5.92 Å². The molecular weight excluding hydrogens is 1280 g/mol. The highest BCUT2D eigenvalue weighted by Crippen LogP contribution is 2.45. The average Bonchev–Trinajstić information content (AvgIpc) is 1.15. The molecule has 0 saturated carbocycles. The SMILES string of the molecule is CCCCCC/C=C\C=C/CCCCCCCC(=O)O[C@H](COC(=O)CCCCCCCCC)COP(=O)(O)OC[C@H](O)COP(=O)(O)OC[C@@H](COC(=O)CCCCCCCCCCCCCCCCCCCC)OC(=O)CCCCCCCCCCCCCCCCC(C)CC. The van der Waals surface area contributed by atoms with Crippen LogP contribution in [-0.4, -0.2) is 96.7 Å². The maximum absolute atomic E-state index is 13.1. The van der Waals surface area contributed by atoms with E-state index in [1.807, 2.05) is 0 Å². The van der Waals surface area contributed by atoms with E-state index in [1.165, 1.54) is 193 Å². The fourth-order valence-electron chi connectivity index (χ4n) is 11.7. The van der Waals surface area contributed by atoms with Crippen molar-refractivity contribution in [3.8, 4) is 0 Å². The van der Waals surface area contributed by atoms with Gasteiger partial charge in [-0.1, -0.05) is 341 Å². The van der Waals surface area contributed by atoms with E-state index in [9.17, 15) is 43.2 Å². The summed E-state index contributed by atoms with van der Waals surface area (Å²) in [7, 11) is -9.92. The van der Waals surface area contributed by atoms with Gasteiger partial charge in [0.2, 0.25) is 0 Å². The molecule has 0 fully saturated rings. The lowest BCUT2D eigenvalue weighted by Crippen LogP contribution is -2.30. The van der Waals surface area contributed by atoms with Crippen LogP contribution in [0.5, 0.6) is 0 Å². The van der Waals surface area contributed by atoms with Crippen LogP contribution in [0.3, 0.4) is 0 Å². The molecule has 0 aliphatic carbocycles. The first-order valence-electron chi connectivity index (χ1n) is 40.5. The van der Waals surface area contributed by atoms with Gasteiger partial charge in [0, 0.05) is 25.7 Å². The van der Waals surface area contributed by atoms with Crippen molar-refractivity contribution in [2.75, 3.05) is 39.6 Å². The van der Waals surface area contributed by atoms with E-state index in [2.05, 4.69) is 58.9 Å². The number of rotatable bonds is 77. The van der Waals surface area contributed by atoms with Crippen LogP contribution in [0.25, 0.3) is 0 Å². The number of hydrogen-bond donors (Lipinski definition) is 3. The van der Waals surface area contributed by atoms with Crippen molar-refractivity contribution in [1.82, 2.24) is 0 Å². The minimum absolute atomic E-state index is 0.0850. The second-order valence-electron chi connectivity index (χ2n) is 28.0. The third-order valence-corrected chi connectivity index (χ3v) is 20.2. The summed E-state index contributed by atoms with van der Waals surface area (Å²) < 4.78 is 68.5. The fourth-order valence-corrected chi connectivity index (χ4v) is 13.2. The Hall–Kier alpha value is -2.46. The van der Waals surface area contributed by atoms with Gasteiger partial charge in [0.25, 0.3) is 0 Å². The highest BCUT2D eigenvalue weighted by Gasteiger charge is 2.30. The zero-order chi connectivity index (χ0) is 71.9. The molecule has 17 nitrogen and oxygen atoms in total. The summed E-state index contributed by atoms with van der Waals surface area (Å²) in [6, 6.07) is 0. The van der Waals surface area contributed by atoms with Gasteiger partial charge < -0.3 is 33.8 Å². The summed E-state index contributed by atoms with van der Waals surface area (Å²) >= 11 is 0. The van der Waals surface area contributed by atoms with Crippen LogP contribution in [0, 0.1) is 5.92 Å². The number of phosphoric ester groups is 2. The molecule has 0 aliphatic rings. The van der Waals surface area contributed by atoms with Gasteiger partial charge >= 0.3 is 39.5 Å². The maximum Gasteiger partial charge on any atom is 0.472 e. The van der Waals surface area contributed by atoms with Crippen LogP contribution >= 0.6 is 15.6 Å². The Bertz CT molecular complexity index is 1970. The number of carbonyl (C=O) groups is 4. The zero-order valence-electron chi connectivity index (χ0n) is 63.4. The van der Waals surface area contributed by atoms with Crippen LogP contribution in [-0.2, 0) is 65.4 Å². The Morgan fingerprint density at radius 3 is 0.867 bits per heavy atom. The second-order valence-corrected chi connectivity index (χ2v) is 30.9. The third kappa shape index (κ3) is 70.6. The minimum atomic E-state index is -4.96. The number of esters is 4. The first-order valence-corrected chi connectivity index (χ1v) is 43.5. The van der Waals surface area contributed by atoms with Crippen molar-refractivity contribution in [1.29, 1.82) is 0 Å². The van der Waals surface area contributed by atoms with Crippen LogP contribution in [0.4, 0.5) is 0 Å². The van der Waals surface area contributed by atoms with E-state index in [4.69, 9.17) is 37.0 Å². The molecule has 0 saturated heterocycles. The second kappa shape index (κ2) is 71.5. The summed E-state index contributed by atoms with van der Waals surface area (Å²) in [5.74, 6) is -1.30. The van der Waals surface area contributed by atoms with Crippen LogP contribution < -0.4 is 0 Å². The smallest absolute Gasteiger partial charge is 0.462 e. The third-order valence-electron chi connectivity index (χ3n) is 18.3. The molecule has 0 aromatic rings. The van der Waals surface area contributed by atoms with Crippen LogP contribution in [0.15, 0.2) is 24.3 Å². The lowest BCUT2D eigenvalue weighted by Gasteiger charge is -2.21. The van der Waals surface area contributed by atoms with Gasteiger partial charge in [-0.25, -0.2) is 9.13 Å². The first kappa shape index (κ1) is 95.5. The predicted molar refractivity (Wildman–Crippen MR) is 400 cm³/mol. The summed E-state index contributed by atoms with van der Waals surface area (Å²) in [5, 5.41) is 10.6. The van der Waals surface area contributed by atoms with Crippen molar-refractivity contribution in [3.05, 3.63) is 24.3 Å². The molecule has 0 amide bonds. The fraction of sp³-hybridized carbons (Fsp3) is 0.899. The highest BCUT2D eigenvalue weighted by molar-refractivity contribution is 7.47. The van der Waals surface area contributed by atoms with Gasteiger partial charge in [-0.2, -0.15) is 0 Å². The zero-order valence-corrected chi connectivity index (χ0v) is 65.2. The maximum atomic E-state index is 13.1. The molecule has 6 atom stereocenters. The summed E-state index contributed by atoms with van der Waals surface area (Å²) in [4.78, 5) is 72.8. The Balaban J connectivity index is 5.22. The monoisotopic (exact) mass is 1430 g/mol.